The number of nitrogens with zero attached hydrogens (tertiary/aromatic N) is 5. The summed E-state index contributed by atoms with van der Waals surface area (Å²) in [6, 6.07) is 1.81. The summed E-state index contributed by atoms with van der Waals surface area (Å²) in [4.78, 5) is 10.6. The van der Waals surface area contributed by atoms with Crippen molar-refractivity contribution >= 4 is 29.2 Å². The Morgan fingerprint density at radius 3 is 3.14 bits per heavy atom. The third-order valence-corrected chi connectivity index (χ3v) is 4.41. The number of nitrogens with one attached hydrogen (secondary N) is 1. The van der Waals surface area contributed by atoms with Crippen LogP contribution >= 0.6 is 12.3 Å². The minimum absolute atomic E-state index is 0.0896. The number of aromatic nitrogens is 5. The second-order valence-corrected chi connectivity index (χ2v) is 5.63. The topological polar surface area (TPSA) is 82.9 Å². The molecular formula is C13H13FN6OS. The first-order valence-electron chi connectivity index (χ1n) is 6.83. The maximum absolute atomic E-state index is 12.9. The second kappa shape index (κ2) is 5.25. The van der Waals surface area contributed by atoms with Gasteiger partial charge >= 0.3 is 0 Å². The summed E-state index contributed by atoms with van der Waals surface area (Å²) in [6.45, 7) is 1.30. The average Bonchev–Trinajstić information content (AvgIpc) is 3.17. The lowest BCUT2D eigenvalue weighted by Gasteiger charge is -2.28. The van der Waals surface area contributed by atoms with Crippen LogP contribution in [0.2, 0.25) is 0 Å². The molecule has 3 aromatic heterocycles. The van der Waals surface area contributed by atoms with Crippen LogP contribution in [0.4, 0.5) is 9.70 Å². The van der Waals surface area contributed by atoms with Crippen molar-refractivity contribution in [1.29, 1.82) is 0 Å². The van der Waals surface area contributed by atoms with E-state index in [1.54, 1.807) is 6.20 Å². The lowest BCUT2D eigenvalue weighted by molar-refractivity contribution is 0.275. The highest BCUT2D eigenvalue weighted by molar-refractivity contribution is 7.92. The molecule has 9 heteroatoms. The van der Waals surface area contributed by atoms with Gasteiger partial charge in [-0.15, -0.1) is 3.89 Å². The standard InChI is InChI=1S/C13H13FN6OS/c14-22-20-4-1-8-12(15-7-16-13(8)20)19-3-2-10-9(5-19)11(6-21)18-17-10/h1,4,7,21H,2-3,5-6H2,(H,17,18). The number of fused-ring (bicyclic) bond motifs is 2. The van der Waals surface area contributed by atoms with Crippen molar-refractivity contribution in [2.75, 3.05) is 11.4 Å². The molecule has 0 aliphatic carbocycles. The summed E-state index contributed by atoms with van der Waals surface area (Å²) in [7, 11) is 0. The molecule has 0 aromatic carbocycles. The van der Waals surface area contributed by atoms with Gasteiger partial charge in [0.2, 0.25) is 0 Å². The molecule has 0 bridgehead atoms. The van der Waals surface area contributed by atoms with Gasteiger partial charge in [-0.05, 0) is 6.07 Å². The van der Waals surface area contributed by atoms with Crippen LogP contribution in [0.25, 0.3) is 11.0 Å². The smallest absolute Gasteiger partial charge is 0.171 e. The van der Waals surface area contributed by atoms with Gasteiger partial charge in [0.1, 0.15) is 12.1 Å². The highest BCUT2D eigenvalue weighted by Gasteiger charge is 2.24. The molecule has 114 valence electrons. The van der Waals surface area contributed by atoms with Gasteiger partial charge in [-0.1, -0.05) is 0 Å². The van der Waals surface area contributed by atoms with Crippen molar-refractivity contribution in [3.05, 3.63) is 35.5 Å². The van der Waals surface area contributed by atoms with Crippen LogP contribution in [0.3, 0.4) is 0 Å². The Kier molecular flexibility index (Phi) is 3.23. The number of hydrogen-bond acceptors (Lipinski definition) is 6. The number of aliphatic hydroxyl groups excluding tert-OH is 1. The predicted molar refractivity (Wildman–Crippen MR) is 80.9 cm³/mol. The molecule has 0 radical (unpaired) electrons. The van der Waals surface area contributed by atoms with E-state index >= 15 is 0 Å². The maximum atomic E-state index is 12.9. The van der Waals surface area contributed by atoms with E-state index in [-0.39, 0.29) is 18.9 Å². The first-order valence-corrected chi connectivity index (χ1v) is 7.51. The minimum atomic E-state index is -0.0896. The minimum Gasteiger partial charge on any atom is -0.390 e. The summed E-state index contributed by atoms with van der Waals surface area (Å²) >= 11 is 0.116. The molecule has 7 nitrogen and oxygen atoms in total. The van der Waals surface area contributed by atoms with E-state index in [4.69, 9.17) is 0 Å². The summed E-state index contributed by atoms with van der Waals surface area (Å²) in [5, 5.41) is 17.3. The van der Waals surface area contributed by atoms with Gasteiger partial charge < -0.3 is 10.0 Å². The lowest BCUT2D eigenvalue weighted by Crippen LogP contribution is -2.31. The quantitative estimate of drug-likeness (QED) is 0.762. The Morgan fingerprint density at radius 2 is 2.32 bits per heavy atom. The highest BCUT2D eigenvalue weighted by Crippen LogP contribution is 2.30. The molecule has 0 amide bonds. The predicted octanol–water partition coefficient (Wildman–Crippen LogP) is 1.59. The van der Waals surface area contributed by atoms with E-state index in [9.17, 15) is 8.99 Å². The Bertz CT molecular complexity index is 818. The molecular weight excluding hydrogens is 307 g/mol. The number of hydrogen-bond donors (Lipinski definition) is 2. The Labute approximate surface area is 129 Å². The molecule has 0 spiro atoms. The van der Waals surface area contributed by atoms with E-state index in [1.807, 2.05) is 6.07 Å². The Morgan fingerprint density at radius 1 is 1.41 bits per heavy atom. The molecule has 0 fully saturated rings. The van der Waals surface area contributed by atoms with Crippen molar-refractivity contribution in [1.82, 2.24) is 24.1 Å². The van der Waals surface area contributed by atoms with Gasteiger partial charge in [0.15, 0.2) is 18.0 Å². The third-order valence-electron chi connectivity index (χ3n) is 3.97. The van der Waals surface area contributed by atoms with Crippen LogP contribution in [0, 0.1) is 0 Å². The molecule has 0 saturated carbocycles. The van der Waals surface area contributed by atoms with Crippen LogP contribution in [0.1, 0.15) is 17.0 Å². The maximum Gasteiger partial charge on any atom is 0.171 e. The monoisotopic (exact) mass is 320 g/mol. The first-order chi connectivity index (χ1) is 10.8. The van der Waals surface area contributed by atoms with E-state index < -0.39 is 0 Å². The second-order valence-electron chi connectivity index (χ2n) is 5.10. The summed E-state index contributed by atoms with van der Waals surface area (Å²) < 4.78 is 14.3. The Hall–Kier alpha value is -2.13. The van der Waals surface area contributed by atoms with Crippen molar-refractivity contribution in [2.45, 2.75) is 19.6 Å². The zero-order valence-corrected chi connectivity index (χ0v) is 12.3. The van der Waals surface area contributed by atoms with Gasteiger partial charge in [0.05, 0.1) is 17.7 Å². The number of aliphatic hydroxyl groups is 1. The third kappa shape index (κ3) is 1.97. The SMILES string of the molecule is OCc1n[nH]c2c1CN(c1ncnc3c1ccn3SF)CC2. The van der Waals surface area contributed by atoms with Gasteiger partial charge in [0, 0.05) is 37.0 Å². The van der Waals surface area contributed by atoms with Gasteiger partial charge in [-0.3, -0.25) is 5.10 Å². The molecule has 3 aromatic rings. The molecule has 0 unspecified atom stereocenters. The first kappa shape index (κ1) is 13.5. The molecule has 1 aliphatic heterocycles. The van der Waals surface area contributed by atoms with Crippen molar-refractivity contribution in [2.24, 2.45) is 0 Å². The number of rotatable bonds is 3. The van der Waals surface area contributed by atoms with E-state index in [1.165, 1.54) is 10.3 Å². The van der Waals surface area contributed by atoms with Crippen LogP contribution in [-0.2, 0) is 19.6 Å². The van der Waals surface area contributed by atoms with Crippen LogP contribution in [0.5, 0.6) is 0 Å². The van der Waals surface area contributed by atoms with Crippen molar-refractivity contribution in [3.8, 4) is 0 Å². The fourth-order valence-electron chi connectivity index (χ4n) is 2.89. The van der Waals surface area contributed by atoms with Crippen LogP contribution in [-0.4, -0.2) is 35.8 Å². The van der Waals surface area contributed by atoms with Gasteiger partial charge in [-0.25, -0.2) is 13.9 Å². The van der Waals surface area contributed by atoms with Crippen molar-refractivity contribution < 1.29 is 8.99 Å². The van der Waals surface area contributed by atoms with E-state index in [0.29, 0.717) is 17.9 Å². The lowest BCUT2D eigenvalue weighted by atomic mass is 10.1. The zero-order valence-electron chi connectivity index (χ0n) is 11.5. The number of H-pyrrole nitrogens is 1. The molecule has 0 saturated heterocycles. The van der Waals surface area contributed by atoms with Crippen molar-refractivity contribution in [3.63, 3.8) is 0 Å². The largest absolute Gasteiger partial charge is 0.390 e. The number of aromatic amines is 1. The number of anilines is 1. The highest BCUT2D eigenvalue weighted by atomic mass is 32.2. The molecule has 4 rings (SSSR count). The summed E-state index contributed by atoms with van der Waals surface area (Å²) in [5.74, 6) is 0.772. The Balaban J connectivity index is 1.76. The summed E-state index contributed by atoms with van der Waals surface area (Å²) in [5.41, 5.74) is 3.29. The normalized spacial score (nSPS) is 14.5. The molecule has 22 heavy (non-hydrogen) atoms. The number of halogens is 1. The van der Waals surface area contributed by atoms with Crippen LogP contribution in [0.15, 0.2) is 18.6 Å². The molecule has 2 N–H and O–H groups in total. The fraction of sp³-hybridized carbons (Fsp3) is 0.308. The fourth-order valence-corrected chi connectivity index (χ4v) is 3.21. The molecule has 1 aliphatic rings. The average molecular weight is 320 g/mol. The van der Waals surface area contributed by atoms with E-state index in [2.05, 4.69) is 25.1 Å². The van der Waals surface area contributed by atoms with Crippen LogP contribution < -0.4 is 4.90 Å². The van der Waals surface area contributed by atoms with Gasteiger partial charge in [0.25, 0.3) is 0 Å². The van der Waals surface area contributed by atoms with Gasteiger partial charge in [-0.2, -0.15) is 5.10 Å². The molecule has 4 heterocycles. The summed E-state index contributed by atoms with van der Waals surface area (Å²) in [6.07, 6.45) is 3.88. The zero-order chi connectivity index (χ0) is 15.1. The van der Waals surface area contributed by atoms with E-state index in [0.717, 1.165) is 35.4 Å². The molecule has 0 atom stereocenters.